The number of ether oxygens (including phenoxy) is 2. The monoisotopic (exact) mass is 429 g/mol. The SMILES string of the molecule is Cc1nnsc1C(=O)N1CCC[C@@H](N2CCN(Cc3ccc4c(c3)OCO4)CC2)C1. The van der Waals surface area contributed by atoms with Gasteiger partial charge < -0.3 is 14.4 Å². The predicted octanol–water partition coefficient (Wildman–Crippen LogP) is 2.00. The molecule has 3 aliphatic rings. The summed E-state index contributed by atoms with van der Waals surface area (Å²) in [5.74, 6) is 1.78. The van der Waals surface area contributed by atoms with Crippen molar-refractivity contribution in [3.63, 3.8) is 0 Å². The molecule has 2 aromatic rings. The van der Waals surface area contributed by atoms with E-state index in [4.69, 9.17) is 9.47 Å². The van der Waals surface area contributed by atoms with Crippen molar-refractivity contribution in [1.29, 1.82) is 0 Å². The van der Waals surface area contributed by atoms with Gasteiger partial charge in [0, 0.05) is 51.9 Å². The van der Waals surface area contributed by atoms with E-state index in [2.05, 4.69) is 31.5 Å². The highest BCUT2D eigenvalue weighted by molar-refractivity contribution is 7.07. The summed E-state index contributed by atoms with van der Waals surface area (Å²) < 4.78 is 14.8. The molecule has 0 radical (unpaired) electrons. The molecule has 0 N–H and O–H groups in total. The lowest BCUT2D eigenvalue weighted by molar-refractivity contribution is 0.0410. The van der Waals surface area contributed by atoms with Crippen molar-refractivity contribution >= 4 is 17.4 Å². The molecule has 1 atom stereocenters. The molecule has 1 aromatic heterocycles. The Morgan fingerprint density at radius 3 is 2.80 bits per heavy atom. The van der Waals surface area contributed by atoms with Crippen LogP contribution in [0, 0.1) is 6.92 Å². The minimum atomic E-state index is 0.0913. The Labute approximate surface area is 180 Å². The molecular formula is C21H27N5O3S. The summed E-state index contributed by atoms with van der Waals surface area (Å²) in [5, 5.41) is 3.99. The Morgan fingerprint density at radius 2 is 2.00 bits per heavy atom. The Balaban J connectivity index is 1.14. The van der Waals surface area contributed by atoms with Crippen molar-refractivity contribution in [3.8, 4) is 11.5 Å². The van der Waals surface area contributed by atoms with Crippen molar-refractivity contribution in [2.24, 2.45) is 0 Å². The average Bonchev–Trinajstić information content (AvgIpc) is 3.42. The maximum atomic E-state index is 12.9. The first kappa shape index (κ1) is 19.7. The first-order valence-corrected chi connectivity index (χ1v) is 11.4. The number of piperazine rings is 1. The molecule has 9 heteroatoms. The lowest BCUT2D eigenvalue weighted by Gasteiger charge is -2.43. The van der Waals surface area contributed by atoms with Crippen molar-refractivity contribution in [2.75, 3.05) is 46.1 Å². The van der Waals surface area contributed by atoms with Crippen LogP contribution in [0.2, 0.25) is 0 Å². The van der Waals surface area contributed by atoms with Gasteiger partial charge in [0.1, 0.15) is 4.88 Å². The Bertz CT molecular complexity index is 912. The van der Waals surface area contributed by atoms with Gasteiger partial charge in [-0.05, 0) is 49.0 Å². The topological polar surface area (TPSA) is 71.0 Å². The molecule has 2 fully saturated rings. The van der Waals surface area contributed by atoms with Gasteiger partial charge in [-0.2, -0.15) is 0 Å². The fraction of sp³-hybridized carbons (Fsp3) is 0.571. The van der Waals surface area contributed by atoms with Gasteiger partial charge in [0.15, 0.2) is 11.5 Å². The highest BCUT2D eigenvalue weighted by Crippen LogP contribution is 2.33. The molecule has 2 saturated heterocycles. The van der Waals surface area contributed by atoms with E-state index in [0.717, 1.165) is 75.8 Å². The number of aromatic nitrogens is 2. The fourth-order valence-electron chi connectivity index (χ4n) is 4.59. The van der Waals surface area contributed by atoms with Gasteiger partial charge in [-0.3, -0.25) is 14.6 Å². The Kier molecular flexibility index (Phi) is 5.58. The van der Waals surface area contributed by atoms with Crippen LogP contribution in [0.25, 0.3) is 0 Å². The summed E-state index contributed by atoms with van der Waals surface area (Å²) in [6.45, 7) is 8.89. The minimum absolute atomic E-state index is 0.0913. The standard InChI is InChI=1S/C21H27N5O3S/c1-15-20(30-23-22-15)21(27)26-6-2-3-17(13-26)25-9-7-24(8-10-25)12-16-4-5-18-19(11-16)29-14-28-18/h4-5,11,17H,2-3,6-10,12-14H2,1H3/t17-/m1/s1. The first-order chi connectivity index (χ1) is 14.7. The molecule has 1 aromatic carbocycles. The van der Waals surface area contributed by atoms with Crippen LogP contribution in [0.3, 0.4) is 0 Å². The van der Waals surface area contributed by atoms with Gasteiger partial charge in [0.05, 0.1) is 5.69 Å². The lowest BCUT2D eigenvalue weighted by atomic mass is 10.0. The van der Waals surface area contributed by atoms with Crippen LogP contribution in [0.5, 0.6) is 11.5 Å². The van der Waals surface area contributed by atoms with Crippen LogP contribution < -0.4 is 9.47 Å². The number of amides is 1. The molecule has 8 nitrogen and oxygen atoms in total. The molecule has 0 spiro atoms. The maximum absolute atomic E-state index is 12.9. The van der Waals surface area contributed by atoms with Crippen LogP contribution in [0.4, 0.5) is 0 Å². The molecular weight excluding hydrogens is 402 g/mol. The van der Waals surface area contributed by atoms with Crippen molar-refractivity contribution in [1.82, 2.24) is 24.3 Å². The second-order valence-corrected chi connectivity index (χ2v) is 8.99. The second-order valence-electron chi connectivity index (χ2n) is 8.23. The average molecular weight is 430 g/mol. The smallest absolute Gasteiger partial charge is 0.267 e. The first-order valence-electron chi connectivity index (χ1n) is 10.6. The van der Waals surface area contributed by atoms with Crippen molar-refractivity contribution < 1.29 is 14.3 Å². The van der Waals surface area contributed by atoms with E-state index in [1.807, 2.05) is 17.9 Å². The molecule has 5 rings (SSSR count). The molecule has 160 valence electrons. The molecule has 30 heavy (non-hydrogen) atoms. The summed E-state index contributed by atoms with van der Waals surface area (Å²) in [6.07, 6.45) is 2.21. The second kappa shape index (κ2) is 8.49. The number of hydrogen-bond donors (Lipinski definition) is 0. The number of carbonyl (C=O) groups excluding carboxylic acids is 1. The predicted molar refractivity (Wildman–Crippen MR) is 113 cm³/mol. The van der Waals surface area contributed by atoms with Crippen LogP contribution >= 0.6 is 11.5 Å². The van der Waals surface area contributed by atoms with E-state index in [1.165, 1.54) is 17.1 Å². The zero-order valence-electron chi connectivity index (χ0n) is 17.2. The zero-order valence-corrected chi connectivity index (χ0v) is 18.1. The van der Waals surface area contributed by atoms with E-state index in [0.29, 0.717) is 17.7 Å². The summed E-state index contributed by atoms with van der Waals surface area (Å²) in [7, 11) is 0. The van der Waals surface area contributed by atoms with Gasteiger partial charge in [-0.1, -0.05) is 10.6 Å². The maximum Gasteiger partial charge on any atom is 0.267 e. The fourth-order valence-corrected chi connectivity index (χ4v) is 5.22. The molecule has 0 bridgehead atoms. The number of fused-ring (bicyclic) bond motifs is 1. The van der Waals surface area contributed by atoms with E-state index in [9.17, 15) is 4.79 Å². The highest BCUT2D eigenvalue weighted by atomic mass is 32.1. The summed E-state index contributed by atoms with van der Waals surface area (Å²) in [6, 6.07) is 6.66. The van der Waals surface area contributed by atoms with Crippen LogP contribution in [0.15, 0.2) is 18.2 Å². The Hall–Kier alpha value is -2.23. The van der Waals surface area contributed by atoms with E-state index < -0.39 is 0 Å². The lowest BCUT2D eigenvalue weighted by Crippen LogP contribution is -2.55. The molecule has 4 heterocycles. The number of rotatable bonds is 4. The summed E-state index contributed by atoms with van der Waals surface area (Å²) in [5.41, 5.74) is 2.00. The van der Waals surface area contributed by atoms with Crippen molar-refractivity contribution in [2.45, 2.75) is 32.4 Å². The number of benzene rings is 1. The minimum Gasteiger partial charge on any atom is -0.454 e. The number of likely N-dealkylation sites (tertiary alicyclic amines) is 1. The van der Waals surface area contributed by atoms with E-state index in [1.54, 1.807) is 0 Å². The third kappa shape index (κ3) is 4.01. The van der Waals surface area contributed by atoms with Gasteiger partial charge in [-0.25, -0.2) is 0 Å². The van der Waals surface area contributed by atoms with Gasteiger partial charge in [0.2, 0.25) is 6.79 Å². The third-order valence-electron chi connectivity index (χ3n) is 6.30. The van der Waals surface area contributed by atoms with Gasteiger partial charge >= 0.3 is 0 Å². The molecule has 0 unspecified atom stereocenters. The van der Waals surface area contributed by atoms with Crippen molar-refractivity contribution in [3.05, 3.63) is 34.3 Å². The molecule has 0 aliphatic carbocycles. The number of piperidine rings is 1. The summed E-state index contributed by atoms with van der Waals surface area (Å²) >= 11 is 1.21. The number of carbonyl (C=O) groups is 1. The van der Waals surface area contributed by atoms with Crippen LogP contribution in [0.1, 0.15) is 33.8 Å². The number of hydrogen-bond acceptors (Lipinski definition) is 8. The van der Waals surface area contributed by atoms with E-state index >= 15 is 0 Å². The van der Waals surface area contributed by atoms with E-state index in [-0.39, 0.29) is 5.91 Å². The third-order valence-corrected chi connectivity index (χ3v) is 7.11. The zero-order chi connectivity index (χ0) is 20.5. The van der Waals surface area contributed by atoms with Crippen LogP contribution in [-0.4, -0.2) is 82.3 Å². The molecule has 0 saturated carbocycles. The molecule has 3 aliphatic heterocycles. The number of nitrogens with zero attached hydrogens (tertiary/aromatic N) is 5. The van der Waals surface area contributed by atoms with Gasteiger partial charge in [-0.15, -0.1) is 5.10 Å². The number of aryl methyl sites for hydroxylation is 1. The Morgan fingerprint density at radius 1 is 1.17 bits per heavy atom. The quantitative estimate of drug-likeness (QED) is 0.736. The largest absolute Gasteiger partial charge is 0.454 e. The highest BCUT2D eigenvalue weighted by Gasteiger charge is 2.31. The van der Waals surface area contributed by atoms with Gasteiger partial charge in [0.25, 0.3) is 5.91 Å². The molecule has 1 amide bonds. The van der Waals surface area contributed by atoms with Crippen LogP contribution in [-0.2, 0) is 6.54 Å². The normalized spacial score (nSPS) is 22.4. The summed E-state index contributed by atoms with van der Waals surface area (Å²) in [4.78, 5) is 20.6.